The summed E-state index contributed by atoms with van der Waals surface area (Å²) >= 11 is 0. The van der Waals surface area contributed by atoms with Crippen LogP contribution < -0.4 is 56.5 Å². The Balaban J connectivity index is 0.00000144. The van der Waals surface area contributed by atoms with E-state index in [1.54, 1.807) is 0 Å². The van der Waals surface area contributed by atoms with E-state index in [1.165, 1.54) is 0 Å². The summed E-state index contributed by atoms with van der Waals surface area (Å²) in [5.41, 5.74) is -1.68. The Kier molecular flexibility index (Phi) is 5.73. The second-order valence-electron chi connectivity index (χ2n) is 1.88. The maximum atomic E-state index is 12.0. The van der Waals surface area contributed by atoms with Gasteiger partial charge in [-0.25, -0.2) is 8.78 Å². The first-order valence-corrected chi connectivity index (χ1v) is 2.93. The van der Waals surface area contributed by atoms with Crippen molar-refractivity contribution in [3.63, 3.8) is 0 Å². The molecule has 0 atom stereocenters. The molecule has 0 unspecified atom stereocenters. The van der Waals surface area contributed by atoms with Gasteiger partial charge >= 0.3 is 51.4 Å². The molecule has 0 spiro atoms. The number of hydrogen-bond acceptors (Lipinski definition) is 4. The van der Waals surface area contributed by atoms with Crippen LogP contribution in [0, 0.1) is 0 Å². The minimum absolute atomic E-state index is 0. The van der Waals surface area contributed by atoms with E-state index in [9.17, 15) is 18.7 Å². The van der Waals surface area contributed by atoms with E-state index in [4.69, 9.17) is 0 Å². The van der Waals surface area contributed by atoms with E-state index in [2.05, 4.69) is 9.97 Å². The summed E-state index contributed by atoms with van der Waals surface area (Å²) in [6.45, 7) is 0. The zero-order valence-corrected chi connectivity index (χ0v) is 9.82. The number of carboxylic acids is 1. The number of hydrogen-bond donors (Lipinski definition) is 0. The second kappa shape index (κ2) is 5.71. The first-order valence-electron chi connectivity index (χ1n) is 2.93. The average molecular weight is 212 g/mol. The van der Waals surface area contributed by atoms with Gasteiger partial charge in [-0.05, 0) is 0 Å². The van der Waals surface area contributed by atoms with Crippen LogP contribution in [-0.4, -0.2) is 15.9 Å². The number of aromatic carboxylic acids is 1. The van der Waals surface area contributed by atoms with Crippen LogP contribution in [0.15, 0.2) is 12.4 Å². The van der Waals surface area contributed by atoms with Crippen LogP contribution in [-0.2, 0) is 0 Å². The van der Waals surface area contributed by atoms with Crippen LogP contribution >= 0.6 is 0 Å². The van der Waals surface area contributed by atoms with Crippen LogP contribution in [0.1, 0.15) is 22.6 Å². The topological polar surface area (TPSA) is 65.9 Å². The molecule has 0 aromatic carbocycles. The number of carbonyl (C=O) groups is 1. The Hall–Kier alpha value is 0.0464. The molecule has 64 valence electrons. The van der Waals surface area contributed by atoms with E-state index in [0.29, 0.717) is 0 Å². The van der Waals surface area contributed by atoms with Gasteiger partial charge in [0.15, 0.2) is 0 Å². The molecule has 0 fully saturated rings. The number of aromatic nitrogens is 2. The van der Waals surface area contributed by atoms with Crippen LogP contribution in [0.5, 0.6) is 0 Å². The Morgan fingerprint density at radius 2 is 1.92 bits per heavy atom. The summed E-state index contributed by atoms with van der Waals surface area (Å²) in [5.74, 6) is -1.75. The Labute approximate surface area is 115 Å². The molecule has 0 amide bonds. The van der Waals surface area contributed by atoms with Gasteiger partial charge in [0.2, 0.25) is 0 Å². The fourth-order valence-corrected chi connectivity index (χ4v) is 0.666. The van der Waals surface area contributed by atoms with Gasteiger partial charge in [-0.2, -0.15) is 0 Å². The van der Waals surface area contributed by atoms with Crippen LogP contribution in [0.25, 0.3) is 0 Å². The number of carbonyl (C=O) groups excluding carboxylic acids is 1. The molecule has 0 aliphatic carbocycles. The van der Waals surface area contributed by atoms with Gasteiger partial charge in [-0.1, -0.05) is 0 Å². The fraction of sp³-hybridized carbons (Fsp3) is 0.167. The van der Waals surface area contributed by atoms with E-state index < -0.39 is 23.8 Å². The molecule has 7 heteroatoms. The van der Waals surface area contributed by atoms with Gasteiger partial charge in [-0.15, -0.1) is 0 Å². The summed E-state index contributed by atoms with van der Waals surface area (Å²) in [7, 11) is 0. The Morgan fingerprint density at radius 1 is 1.38 bits per heavy atom. The maximum Gasteiger partial charge on any atom is 1.00 e. The van der Waals surface area contributed by atoms with Gasteiger partial charge in [0, 0.05) is 12.4 Å². The second-order valence-corrected chi connectivity index (χ2v) is 1.88. The van der Waals surface area contributed by atoms with Crippen molar-refractivity contribution in [2.75, 3.05) is 0 Å². The van der Waals surface area contributed by atoms with Crippen molar-refractivity contribution >= 4 is 5.97 Å². The molecule has 0 bridgehead atoms. The SMILES string of the molecule is O=C([O-])c1nccnc1C(F)F.[K+]. The van der Waals surface area contributed by atoms with Crippen LogP contribution in [0.3, 0.4) is 0 Å². The zero-order valence-electron chi connectivity index (χ0n) is 6.70. The van der Waals surface area contributed by atoms with Crippen molar-refractivity contribution < 1.29 is 70.1 Å². The normalized spacial score (nSPS) is 9.46. The first-order chi connectivity index (χ1) is 5.63. The first kappa shape index (κ1) is 13.0. The van der Waals surface area contributed by atoms with Gasteiger partial charge < -0.3 is 9.90 Å². The summed E-state index contributed by atoms with van der Waals surface area (Å²) in [5, 5.41) is 10.2. The number of rotatable bonds is 2. The van der Waals surface area contributed by atoms with Crippen molar-refractivity contribution in [2.45, 2.75) is 6.43 Å². The zero-order chi connectivity index (χ0) is 9.14. The largest absolute Gasteiger partial charge is 1.00 e. The minimum Gasteiger partial charge on any atom is -0.543 e. The van der Waals surface area contributed by atoms with Crippen molar-refractivity contribution in [1.82, 2.24) is 9.97 Å². The quantitative estimate of drug-likeness (QED) is 0.484. The standard InChI is InChI=1S/C6H4F2N2O2.K/c7-5(8)3-4(6(11)12)10-2-1-9-3;/h1-2,5H,(H,11,12);/q;+1/p-1. The molecule has 1 aromatic heterocycles. The summed E-state index contributed by atoms with van der Waals surface area (Å²) in [6.07, 6.45) is -0.947. The van der Waals surface area contributed by atoms with Crippen molar-refractivity contribution in [3.8, 4) is 0 Å². The number of halogens is 2. The van der Waals surface area contributed by atoms with E-state index >= 15 is 0 Å². The summed E-state index contributed by atoms with van der Waals surface area (Å²) in [6, 6.07) is 0. The van der Waals surface area contributed by atoms with Gasteiger partial charge in [0.05, 0.1) is 5.97 Å². The smallest absolute Gasteiger partial charge is 0.543 e. The third-order valence-electron chi connectivity index (χ3n) is 1.13. The molecule has 0 saturated carbocycles. The van der Waals surface area contributed by atoms with Gasteiger partial charge in [0.1, 0.15) is 11.4 Å². The van der Waals surface area contributed by atoms with E-state index in [1.807, 2.05) is 0 Å². The molecule has 0 radical (unpaired) electrons. The average Bonchev–Trinajstić information content (AvgIpc) is 2.04. The monoisotopic (exact) mass is 212 g/mol. The molecule has 0 N–H and O–H groups in total. The predicted octanol–water partition coefficient (Wildman–Crippen LogP) is -3.22. The third kappa shape index (κ3) is 3.35. The summed E-state index contributed by atoms with van der Waals surface area (Å²) in [4.78, 5) is 16.5. The Bertz CT molecular complexity index is 308. The van der Waals surface area contributed by atoms with Gasteiger partial charge in [0.25, 0.3) is 6.43 Å². The fourth-order valence-electron chi connectivity index (χ4n) is 0.666. The van der Waals surface area contributed by atoms with Crippen LogP contribution in [0.2, 0.25) is 0 Å². The predicted molar refractivity (Wildman–Crippen MR) is 31.3 cm³/mol. The molecule has 1 aromatic rings. The molecule has 13 heavy (non-hydrogen) atoms. The molecule has 4 nitrogen and oxygen atoms in total. The van der Waals surface area contributed by atoms with Crippen LogP contribution in [0.4, 0.5) is 8.78 Å². The number of carboxylic acid groups (broad SMARTS) is 1. The molecule has 0 saturated heterocycles. The van der Waals surface area contributed by atoms with E-state index in [0.717, 1.165) is 12.4 Å². The van der Waals surface area contributed by atoms with Crippen molar-refractivity contribution in [3.05, 3.63) is 23.8 Å². The molecule has 1 rings (SSSR count). The maximum absolute atomic E-state index is 12.0. The Morgan fingerprint density at radius 3 is 2.31 bits per heavy atom. The molecular weight excluding hydrogens is 209 g/mol. The van der Waals surface area contributed by atoms with Crippen molar-refractivity contribution in [2.24, 2.45) is 0 Å². The molecular formula is C6H3F2KN2O2. The van der Waals surface area contributed by atoms with Crippen molar-refractivity contribution in [1.29, 1.82) is 0 Å². The minimum atomic E-state index is -2.95. The molecule has 1 heterocycles. The molecule has 0 aliphatic rings. The number of nitrogens with zero attached hydrogens (tertiary/aromatic N) is 2. The van der Waals surface area contributed by atoms with E-state index in [-0.39, 0.29) is 51.4 Å². The summed E-state index contributed by atoms with van der Waals surface area (Å²) < 4.78 is 24.0. The number of alkyl halides is 2. The third-order valence-corrected chi connectivity index (χ3v) is 1.13. The molecule has 0 aliphatic heterocycles. The van der Waals surface area contributed by atoms with Gasteiger partial charge in [-0.3, -0.25) is 9.97 Å².